The molecule has 0 unspecified atom stereocenters. The number of carbonyl (C=O) groups is 1. The van der Waals surface area contributed by atoms with Gasteiger partial charge in [-0.25, -0.2) is 4.39 Å². The Morgan fingerprint density at radius 2 is 2.00 bits per heavy atom. The number of nitrogens with one attached hydrogen (secondary N) is 1. The second-order valence-corrected chi connectivity index (χ2v) is 4.51. The fourth-order valence-corrected chi connectivity index (χ4v) is 1.83. The van der Waals surface area contributed by atoms with Crippen LogP contribution in [-0.4, -0.2) is 11.0 Å². The second-order valence-electron chi connectivity index (χ2n) is 4.10. The van der Waals surface area contributed by atoms with E-state index < -0.39 is 11.7 Å². The molecule has 0 aliphatic rings. The molecule has 0 saturated carbocycles. The van der Waals surface area contributed by atoms with Crippen molar-refractivity contribution in [1.29, 1.82) is 0 Å². The van der Waals surface area contributed by atoms with Crippen LogP contribution in [0, 0.1) is 12.7 Å². The summed E-state index contributed by atoms with van der Waals surface area (Å²) in [5, 5.41) is 12.3. The van der Waals surface area contributed by atoms with Gasteiger partial charge in [-0.3, -0.25) is 4.79 Å². The van der Waals surface area contributed by atoms with E-state index in [1.807, 2.05) is 0 Å². The van der Waals surface area contributed by atoms with E-state index in [9.17, 15) is 14.3 Å². The standard InChI is InChI=1S/C14H11ClFNO2/c1-8-2-5-13(18)10(6-8)14(19)17-12-4-3-9(16)7-11(12)15/h2-7,18H,1H3,(H,17,19). The first kappa shape index (κ1) is 13.4. The van der Waals surface area contributed by atoms with Gasteiger partial charge < -0.3 is 10.4 Å². The number of hydrogen-bond acceptors (Lipinski definition) is 2. The van der Waals surface area contributed by atoms with E-state index in [2.05, 4.69) is 5.32 Å². The SMILES string of the molecule is Cc1ccc(O)c(C(=O)Nc2ccc(F)cc2Cl)c1. The summed E-state index contributed by atoms with van der Waals surface area (Å²) in [5.74, 6) is -1.11. The van der Waals surface area contributed by atoms with Crippen LogP contribution in [0.4, 0.5) is 10.1 Å². The monoisotopic (exact) mass is 279 g/mol. The fraction of sp³-hybridized carbons (Fsp3) is 0.0714. The van der Waals surface area contributed by atoms with Gasteiger partial charge in [-0.2, -0.15) is 0 Å². The molecule has 0 radical (unpaired) electrons. The lowest BCUT2D eigenvalue weighted by atomic mass is 10.1. The minimum atomic E-state index is -0.505. The molecule has 0 saturated heterocycles. The predicted molar refractivity (Wildman–Crippen MR) is 72.2 cm³/mol. The van der Waals surface area contributed by atoms with Crippen molar-refractivity contribution in [1.82, 2.24) is 0 Å². The fourth-order valence-electron chi connectivity index (χ4n) is 1.61. The number of aryl methyl sites for hydroxylation is 1. The highest BCUT2D eigenvalue weighted by Gasteiger charge is 2.13. The number of aromatic hydroxyl groups is 1. The number of halogens is 2. The zero-order valence-corrected chi connectivity index (χ0v) is 10.8. The number of hydrogen-bond donors (Lipinski definition) is 2. The van der Waals surface area contributed by atoms with E-state index in [4.69, 9.17) is 11.6 Å². The van der Waals surface area contributed by atoms with Crippen LogP contribution < -0.4 is 5.32 Å². The molecule has 19 heavy (non-hydrogen) atoms. The lowest BCUT2D eigenvalue weighted by molar-refractivity contribution is 0.102. The van der Waals surface area contributed by atoms with E-state index in [0.29, 0.717) is 0 Å². The molecule has 0 heterocycles. The number of amides is 1. The molecule has 2 N–H and O–H groups in total. The van der Waals surface area contributed by atoms with Crippen LogP contribution in [0.15, 0.2) is 36.4 Å². The minimum absolute atomic E-state index is 0.0977. The second kappa shape index (κ2) is 5.28. The molecular formula is C14H11ClFNO2. The van der Waals surface area contributed by atoms with Gasteiger partial charge in [-0.05, 0) is 37.3 Å². The van der Waals surface area contributed by atoms with Crippen molar-refractivity contribution in [3.63, 3.8) is 0 Å². The van der Waals surface area contributed by atoms with Gasteiger partial charge in [-0.15, -0.1) is 0 Å². The molecule has 0 spiro atoms. The zero-order chi connectivity index (χ0) is 14.0. The van der Waals surface area contributed by atoms with Crippen molar-refractivity contribution >= 4 is 23.2 Å². The molecule has 5 heteroatoms. The van der Waals surface area contributed by atoms with Crippen molar-refractivity contribution < 1.29 is 14.3 Å². The first-order chi connectivity index (χ1) is 8.97. The topological polar surface area (TPSA) is 49.3 Å². The number of benzene rings is 2. The number of phenolic OH excluding ortho intramolecular Hbond substituents is 1. The molecule has 2 rings (SSSR count). The number of carbonyl (C=O) groups excluding carboxylic acids is 1. The zero-order valence-electron chi connectivity index (χ0n) is 10.1. The van der Waals surface area contributed by atoms with Crippen LogP contribution in [0.25, 0.3) is 0 Å². The van der Waals surface area contributed by atoms with Gasteiger partial charge in [0.1, 0.15) is 11.6 Å². The van der Waals surface area contributed by atoms with Crippen molar-refractivity contribution in [2.24, 2.45) is 0 Å². The molecule has 3 nitrogen and oxygen atoms in total. The molecule has 0 aromatic heterocycles. The highest BCUT2D eigenvalue weighted by Crippen LogP contribution is 2.25. The van der Waals surface area contributed by atoms with E-state index >= 15 is 0 Å². The van der Waals surface area contributed by atoms with Gasteiger partial charge in [0, 0.05) is 0 Å². The molecule has 0 aliphatic carbocycles. The minimum Gasteiger partial charge on any atom is -0.507 e. The summed E-state index contributed by atoms with van der Waals surface area (Å²) in [6.07, 6.45) is 0. The summed E-state index contributed by atoms with van der Waals surface area (Å²) >= 11 is 5.81. The number of anilines is 1. The Hall–Kier alpha value is -2.07. The van der Waals surface area contributed by atoms with Gasteiger partial charge >= 0.3 is 0 Å². The van der Waals surface area contributed by atoms with Crippen LogP contribution in [0.5, 0.6) is 5.75 Å². The van der Waals surface area contributed by atoms with Gasteiger partial charge in [0.05, 0.1) is 16.3 Å². The molecule has 0 atom stereocenters. The average Bonchev–Trinajstić information content (AvgIpc) is 2.35. The van der Waals surface area contributed by atoms with Gasteiger partial charge in [0.2, 0.25) is 0 Å². The van der Waals surface area contributed by atoms with Crippen LogP contribution in [0.1, 0.15) is 15.9 Å². The first-order valence-electron chi connectivity index (χ1n) is 5.53. The third-order valence-corrected chi connectivity index (χ3v) is 2.89. The predicted octanol–water partition coefficient (Wildman–Crippen LogP) is 3.75. The molecule has 1 amide bonds. The van der Waals surface area contributed by atoms with Crippen LogP contribution in [0.2, 0.25) is 5.02 Å². The van der Waals surface area contributed by atoms with Crippen molar-refractivity contribution in [2.45, 2.75) is 6.92 Å². The highest BCUT2D eigenvalue weighted by molar-refractivity contribution is 6.34. The molecule has 98 valence electrons. The molecule has 0 bridgehead atoms. The Kier molecular flexibility index (Phi) is 3.71. The van der Waals surface area contributed by atoms with E-state index in [0.717, 1.165) is 11.6 Å². The lowest BCUT2D eigenvalue weighted by Gasteiger charge is -2.09. The summed E-state index contributed by atoms with van der Waals surface area (Å²) in [4.78, 5) is 12.0. The maximum atomic E-state index is 12.9. The van der Waals surface area contributed by atoms with Crippen LogP contribution in [0.3, 0.4) is 0 Å². The van der Waals surface area contributed by atoms with Crippen molar-refractivity contribution in [3.05, 3.63) is 58.4 Å². The first-order valence-corrected chi connectivity index (χ1v) is 5.91. The molecule has 0 aliphatic heterocycles. The highest BCUT2D eigenvalue weighted by atomic mass is 35.5. The van der Waals surface area contributed by atoms with Crippen molar-refractivity contribution in [3.8, 4) is 5.75 Å². The summed E-state index contributed by atoms with van der Waals surface area (Å²) < 4.78 is 12.9. The van der Waals surface area contributed by atoms with Crippen molar-refractivity contribution in [2.75, 3.05) is 5.32 Å². The molecule has 0 fully saturated rings. The number of phenols is 1. The van der Waals surface area contributed by atoms with Gasteiger partial charge in [-0.1, -0.05) is 23.2 Å². The quantitative estimate of drug-likeness (QED) is 0.880. The van der Waals surface area contributed by atoms with Crippen LogP contribution >= 0.6 is 11.6 Å². The summed E-state index contributed by atoms with van der Waals surface area (Å²) in [6.45, 7) is 1.81. The van der Waals surface area contributed by atoms with Gasteiger partial charge in [0.25, 0.3) is 5.91 Å². The Balaban J connectivity index is 2.28. The Bertz CT molecular complexity index is 643. The maximum Gasteiger partial charge on any atom is 0.259 e. The van der Waals surface area contributed by atoms with E-state index in [-0.39, 0.29) is 22.0 Å². The number of rotatable bonds is 2. The summed E-state index contributed by atoms with van der Waals surface area (Å²) in [5.41, 5.74) is 1.27. The average molecular weight is 280 g/mol. The lowest BCUT2D eigenvalue weighted by Crippen LogP contribution is -2.12. The third-order valence-electron chi connectivity index (χ3n) is 2.58. The Morgan fingerprint density at radius 3 is 2.68 bits per heavy atom. The largest absolute Gasteiger partial charge is 0.507 e. The Morgan fingerprint density at radius 1 is 1.26 bits per heavy atom. The summed E-state index contributed by atoms with van der Waals surface area (Å²) in [7, 11) is 0. The smallest absolute Gasteiger partial charge is 0.259 e. The van der Waals surface area contributed by atoms with Crippen LogP contribution in [-0.2, 0) is 0 Å². The maximum absolute atomic E-state index is 12.9. The normalized spacial score (nSPS) is 10.3. The van der Waals surface area contributed by atoms with Gasteiger partial charge in [0.15, 0.2) is 0 Å². The third kappa shape index (κ3) is 3.03. The molecule has 2 aromatic rings. The molecular weight excluding hydrogens is 269 g/mol. The molecule has 2 aromatic carbocycles. The van der Waals surface area contributed by atoms with E-state index in [1.165, 1.54) is 18.2 Å². The summed E-state index contributed by atoms with van der Waals surface area (Å²) in [6, 6.07) is 8.35. The van der Waals surface area contributed by atoms with E-state index in [1.54, 1.807) is 19.1 Å². The Labute approximate surface area is 114 Å².